The number of benzene rings is 2. The molecule has 1 atom stereocenters. The van der Waals surface area contributed by atoms with Gasteiger partial charge in [-0.2, -0.15) is 11.8 Å². The fraction of sp³-hybridized carbons (Fsp3) is 0.200. The second-order valence-electron chi connectivity index (χ2n) is 7.58. The van der Waals surface area contributed by atoms with Crippen molar-refractivity contribution in [2.24, 2.45) is 0 Å². The van der Waals surface area contributed by atoms with E-state index in [1.54, 1.807) is 48.7 Å². The van der Waals surface area contributed by atoms with Gasteiger partial charge in [0.1, 0.15) is 0 Å². The van der Waals surface area contributed by atoms with Crippen molar-refractivity contribution in [3.05, 3.63) is 71.8 Å². The standard InChI is InChI=1S/C13H14N2O3S.C12H9NO3/c1-14-12(17)8-4-3-5-9(6-8)15-11(16)7-10(19-2)13(15)18;1-8(14)9-3-2-4-10(7-9)13-11(15)5-6-12(13)16/h3-6,10H,7H2,1-2H3,(H,14,17);2-7H,1H3. The molecule has 2 aliphatic heterocycles. The number of imide groups is 2. The van der Waals surface area contributed by atoms with Gasteiger partial charge in [-0.05, 0) is 43.5 Å². The number of carbonyl (C=O) groups excluding carboxylic acids is 6. The van der Waals surface area contributed by atoms with Crippen molar-refractivity contribution < 1.29 is 28.8 Å². The SMILES string of the molecule is CC(=O)c1cccc(N2C(=O)C=CC2=O)c1.CNC(=O)c1cccc(N2C(=O)CC(SC)C2=O)c1. The summed E-state index contributed by atoms with van der Waals surface area (Å²) in [6.45, 7) is 1.44. The highest BCUT2D eigenvalue weighted by atomic mass is 32.2. The van der Waals surface area contributed by atoms with Crippen LogP contribution in [0.1, 0.15) is 34.1 Å². The quantitative estimate of drug-likeness (QED) is 0.501. The first kappa shape index (κ1) is 25.6. The Hall–Kier alpha value is -4.05. The molecule has 0 saturated carbocycles. The van der Waals surface area contributed by atoms with Crippen LogP contribution in [0.3, 0.4) is 0 Å². The molecule has 2 heterocycles. The number of rotatable bonds is 5. The zero-order chi connectivity index (χ0) is 25.7. The Morgan fingerprint density at radius 3 is 1.94 bits per heavy atom. The number of carbonyl (C=O) groups is 6. The van der Waals surface area contributed by atoms with E-state index in [0.29, 0.717) is 22.5 Å². The number of thioether (sulfide) groups is 1. The van der Waals surface area contributed by atoms with E-state index in [0.717, 1.165) is 9.80 Å². The lowest BCUT2D eigenvalue weighted by atomic mass is 10.1. The molecular weight excluding hydrogens is 470 g/mol. The van der Waals surface area contributed by atoms with Crippen LogP contribution < -0.4 is 15.1 Å². The number of Topliss-reactive ketones (excluding diaryl/α,β-unsaturated/α-hetero) is 1. The molecule has 2 aromatic rings. The zero-order valence-corrected chi connectivity index (χ0v) is 20.1. The Kier molecular flexibility index (Phi) is 7.98. The van der Waals surface area contributed by atoms with Crippen LogP contribution in [0, 0.1) is 0 Å². The van der Waals surface area contributed by atoms with E-state index >= 15 is 0 Å². The van der Waals surface area contributed by atoms with Gasteiger partial charge >= 0.3 is 0 Å². The number of nitrogens with zero attached hydrogens (tertiary/aromatic N) is 2. The van der Waals surface area contributed by atoms with Crippen LogP contribution >= 0.6 is 11.8 Å². The van der Waals surface area contributed by atoms with Crippen molar-refractivity contribution >= 4 is 58.5 Å². The van der Waals surface area contributed by atoms with Crippen LogP contribution in [0.15, 0.2) is 60.7 Å². The number of amides is 5. The predicted molar refractivity (Wildman–Crippen MR) is 132 cm³/mol. The fourth-order valence-electron chi connectivity index (χ4n) is 3.51. The number of anilines is 2. The van der Waals surface area contributed by atoms with Gasteiger partial charge in [0.05, 0.1) is 16.6 Å². The molecule has 5 amide bonds. The normalized spacial score (nSPS) is 16.9. The molecule has 1 fully saturated rings. The average molecular weight is 494 g/mol. The van der Waals surface area contributed by atoms with Crippen LogP contribution in [-0.4, -0.2) is 53.9 Å². The molecule has 9 nitrogen and oxygen atoms in total. The lowest BCUT2D eigenvalue weighted by molar-refractivity contribution is -0.122. The van der Waals surface area contributed by atoms with Crippen molar-refractivity contribution in [2.75, 3.05) is 23.1 Å². The molecule has 180 valence electrons. The molecule has 0 aromatic heterocycles. The van der Waals surface area contributed by atoms with Gasteiger partial charge in [-0.1, -0.05) is 18.2 Å². The molecule has 4 rings (SSSR count). The first-order valence-electron chi connectivity index (χ1n) is 10.6. The summed E-state index contributed by atoms with van der Waals surface area (Å²) in [5.74, 6) is -1.56. The Balaban J connectivity index is 0.000000198. The van der Waals surface area contributed by atoms with Gasteiger partial charge in [-0.25, -0.2) is 9.80 Å². The topological polar surface area (TPSA) is 121 Å². The largest absolute Gasteiger partial charge is 0.355 e. The summed E-state index contributed by atoms with van der Waals surface area (Å²) in [5, 5.41) is 2.19. The molecular formula is C25H23N3O6S. The summed E-state index contributed by atoms with van der Waals surface area (Å²) in [6.07, 6.45) is 4.44. The monoisotopic (exact) mass is 493 g/mol. The molecule has 1 saturated heterocycles. The number of nitrogens with one attached hydrogen (secondary N) is 1. The van der Waals surface area contributed by atoms with Gasteiger partial charge in [-0.3, -0.25) is 28.8 Å². The molecule has 0 radical (unpaired) electrons. The predicted octanol–water partition coefficient (Wildman–Crippen LogP) is 2.36. The van der Waals surface area contributed by atoms with E-state index in [2.05, 4.69) is 5.32 Å². The summed E-state index contributed by atoms with van der Waals surface area (Å²) in [5.41, 5.74) is 1.78. The van der Waals surface area contributed by atoms with Crippen molar-refractivity contribution in [3.8, 4) is 0 Å². The van der Waals surface area contributed by atoms with E-state index in [4.69, 9.17) is 0 Å². The Morgan fingerprint density at radius 2 is 1.43 bits per heavy atom. The van der Waals surface area contributed by atoms with Crippen LogP contribution in [0.2, 0.25) is 0 Å². The smallest absolute Gasteiger partial charge is 0.258 e. The van der Waals surface area contributed by atoms with Gasteiger partial charge in [0, 0.05) is 36.7 Å². The van der Waals surface area contributed by atoms with Crippen LogP contribution in [-0.2, 0) is 19.2 Å². The molecule has 2 aromatic carbocycles. The highest BCUT2D eigenvalue weighted by molar-refractivity contribution is 8.00. The summed E-state index contributed by atoms with van der Waals surface area (Å²) < 4.78 is 0. The van der Waals surface area contributed by atoms with Crippen molar-refractivity contribution in [2.45, 2.75) is 18.6 Å². The third-order valence-electron chi connectivity index (χ3n) is 5.30. The van der Waals surface area contributed by atoms with E-state index < -0.39 is 0 Å². The Bertz CT molecular complexity index is 1240. The minimum Gasteiger partial charge on any atom is -0.355 e. The van der Waals surface area contributed by atoms with Crippen LogP contribution in [0.4, 0.5) is 11.4 Å². The molecule has 35 heavy (non-hydrogen) atoms. The maximum Gasteiger partial charge on any atom is 0.258 e. The lowest BCUT2D eigenvalue weighted by Gasteiger charge is -2.15. The van der Waals surface area contributed by atoms with Crippen LogP contribution in [0.5, 0.6) is 0 Å². The molecule has 1 unspecified atom stereocenters. The third-order valence-corrected chi connectivity index (χ3v) is 6.24. The maximum absolute atomic E-state index is 12.1. The molecule has 2 aliphatic rings. The van der Waals surface area contributed by atoms with E-state index in [-0.39, 0.29) is 47.0 Å². The molecule has 10 heteroatoms. The first-order valence-corrected chi connectivity index (χ1v) is 11.9. The second-order valence-corrected chi connectivity index (χ2v) is 8.62. The minimum atomic E-state index is -0.384. The summed E-state index contributed by atoms with van der Waals surface area (Å²) >= 11 is 1.37. The molecule has 1 N–H and O–H groups in total. The van der Waals surface area contributed by atoms with Crippen molar-refractivity contribution in [3.63, 3.8) is 0 Å². The number of ketones is 1. The minimum absolute atomic E-state index is 0.103. The molecule has 0 bridgehead atoms. The summed E-state index contributed by atoms with van der Waals surface area (Å²) in [6, 6.07) is 12.9. The van der Waals surface area contributed by atoms with Gasteiger partial charge in [-0.15, -0.1) is 0 Å². The van der Waals surface area contributed by atoms with Gasteiger partial charge < -0.3 is 5.32 Å². The Morgan fingerprint density at radius 1 is 0.886 bits per heavy atom. The highest BCUT2D eigenvalue weighted by Gasteiger charge is 2.39. The van der Waals surface area contributed by atoms with Crippen molar-refractivity contribution in [1.82, 2.24) is 5.32 Å². The second kappa shape index (κ2) is 10.9. The third kappa shape index (κ3) is 5.55. The van der Waals surface area contributed by atoms with Gasteiger partial charge in [0.15, 0.2) is 5.78 Å². The van der Waals surface area contributed by atoms with Crippen LogP contribution in [0.25, 0.3) is 0 Å². The van der Waals surface area contributed by atoms with Gasteiger partial charge in [0.2, 0.25) is 11.8 Å². The van der Waals surface area contributed by atoms with E-state index in [9.17, 15) is 28.8 Å². The first-order chi connectivity index (χ1) is 16.7. The highest BCUT2D eigenvalue weighted by Crippen LogP contribution is 2.28. The zero-order valence-electron chi connectivity index (χ0n) is 19.3. The fourth-order valence-corrected chi connectivity index (χ4v) is 4.13. The number of hydrogen-bond acceptors (Lipinski definition) is 7. The van der Waals surface area contributed by atoms with E-state index in [1.807, 2.05) is 0 Å². The van der Waals surface area contributed by atoms with Gasteiger partial charge in [0.25, 0.3) is 17.7 Å². The number of hydrogen-bond donors (Lipinski definition) is 1. The molecule has 0 aliphatic carbocycles. The summed E-state index contributed by atoms with van der Waals surface area (Å²) in [4.78, 5) is 71.7. The average Bonchev–Trinajstić information content (AvgIpc) is 3.35. The Labute approximate surface area is 206 Å². The van der Waals surface area contributed by atoms with Crippen molar-refractivity contribution in [1.29, 1.82) is 0 Å². The summed E-state index contributed by atoms with van der Waals surface area (Å²) in [7, 11) is 1.53. The molecule has 0 spiro atoms. The lowest BCUT2D eigenvalue weighted by Crippen LogP contribution is -2.31. The van der Waals surface area contributed by atoms with E-state index in [1.165, 1.54) is 44.0 Å². The maximum atomic E-state index is 12.1.